The molecular weight excluding hydrogens is 322 g/mol. The number of anilines is 1. The predicted octanol–water partition coefficient (Wildman–Crippen LogP) is 2.48. The average molecular weight is 345 g/mol. The summed E-state index contributed by atoms with van der Waals surface area (Å²) in [4.78, 5) is 0.0733. The van der Waals surface area contributed by atoms with E-state index in [1.807, 2.05) is 0 Å². The van der Waals surface area contributed by atoms with E-state index in [0.717, 1.165) is 31.8 Å². The zero-order chi connectivity index (χ0) is 16.5. The van der Waals surface area contributed by atoms with Gasteiger partial charge in [-0.2, -0.15) is 0 Å². The van der Waals surface area contributed by atoms with E-state index in [4.69, 9.17) is 0 Å². The average Bonchev–Trinajstić information content (AvgIpc) is 2.36. The molecule has 0 bridgehead atoms. The molecule has 2 rings (SSSR count). The van der Waals surface area contributed by atoms with Crippen LogP contribution in [0.5, 0.6) is 0 Å². The van der Waals surface area contributed by atoms with Gasteiger partial charge >= 0.3 is 0 Å². The molecule has 0 unspecified atom stereocenters. The quantitative estimate of drug-likeness (QED) is 0.907. The topological polar surface area (TPSA) is 80.3 Å². The molecule has 5 nitrogen and oxygen atoms in total. The van der Waals surface area contributed by atoms with Crippen LogP contribution in [0.25, 0.3) is 0 Å². The first-order valence-electron chi connectivity index (χ1n) is 7.38. The molecule has 0 radical (unpaired) electrons. The monoisotopic (exact) mass is 345 g/mol. The van der Waals surface area contributed by atoms with Crippen LogP contribution in [0, 0.1) is 5.92 Å². The van der Waals surface area contributed by atoms with E-state index < -0.39 is 19.7 Å². The molecule has 0 aliphatic heterocycles. The van der Waals surface area contributed by atoms with Crippen molar-refractivity contribution in [2.45, 2.75) is 48.4 Å². The van der Waals surface area contributed by atoms with E-state index in [9.17, 15) is 16.8 Å². The Morgan fingerprint density at radius 3 is 2.27 bits per heavy atom. The van der Waals surface area contributed by atoms with Gasteiger partial charge in [0.1, 0.15) is 0 Å². The van der Waals surface area contributed by atoms with Crippen LogP contribution in [0.15, 0.2) is 28.0 Å². The van der Waals surface area contributed by atoms with Crippen molar-refractivity contribution in [1.29, 1.82) is 0 Å². The van der Waals surface area contributed by atoms with E-state index in [2.05, 4.69) is 12.2 Å². The van der Waals surface area contributed by atoms with Gasteiger partial charge in [-0.15, -0.1) is 0 Å². The number of hydrogen-bond donors (Lipinski definition) is 1. The fourth-order valence-corrected chi connectivity index (χ4v) is 4.53. The summed E-state index contributed by atoms with van der Waals surface area (Å²) in [6, 6.07) is 4.50. The highest BCUT2D eigenvalue weighted by atomic mass is 32.2. The van der Waals surface area contributed by atoms with Crippen molar-refractivity contribution in [1.82, 2.24) is 0 Å². The van der Waals surface area contributed by atoms with Gasteiger partial charge < -0.3 is 5.32 Å². The number of nitrogens with one attached hydrogen (secondary N) is 1. The minimum atomic E-state index is -3.51. The molecule has 0 spiro atoms. The molecule has 1 saturated carbocycles. The van der Waals surface area contributed by atoms with Crippen molar-refractivity contribution < 1.29 is 16.8 Å². The molecule has 1 aliphatic rings. The van der Waals surface area contributed by atoms with E-state index in [-0.39, 0.29) is 15.8 Å². The molecule has 0 heterocycles. The summed E-state index contributed by atoms with van der Waals surface area (Å²) >= 11 is 0. The van der Waals surface area contributed by atoms with E-state index in [1.54, 1.807) is 6.07 Å². The standard InChI is InChI=1S/C15H23NO4S2/c1-11-5-4-6-12(9-11)16-14-8-7-13(21(2,17)18)10-15(14)22(3,19)20/h7-8,10-12,16H,4-6,9H2,1-3H3/t11-,12+/m1/s1. The molecule has 22 heavy (non-hydrogen) atoms. The third-order valence-corrected chi connectivity index (χ3v) is 6.32. The zero-order valence-electron chi connectivity index (χ0n) is 13.2. The summed E-state index contributed by atoms with van der Waals surface area (Å²) in [5, 5.41) is 3.29. The van der Waals surface area contributed by atoms with Crippen LogP contribution in [0.2, 0.25) is 0 Å². The number of sulfone groups is 2. The molecule has 1 aromatic carbocycles. The van der Waals surface area contributed by atoms with E-state index in [1.165, 1.54) is 18.6 Å². The molecule has 1 aliphatic carbocycles. The second kappa shape index (κ2) is 6.20. The summed E-state index contributed by atoms with van der Waals surface area (Å²) in [5.41, 5.74) is 0.494. The Labute approximate surface area is 133 Å². The maximum Gasteiger partial charge on any atom is 0.177 e. The highest BCUT2D eigenvalue weighted by Crippen LogP contribution is 2.30. The number of hydrogen-bond acceptors (Lipinski definition) is 5. The fraction of sp³-hybridized carbons (Fsp3) is 0.600. The van der Waals surface area contributed by atoms with Gasteiger partial charge in [0.2, 0.25) is 0 Å². The molecule has 2 atom stereocenters. The second-order valence-electron chi connectivity index (χ2n) is 6.32. The summed E-state index contributed by atoms with van der Waals surface area (Å²) in [6.45, 7) is 2.19. The van der Waals surface area contributed by atoms with E-state index in [0.29, 0.717) is 11.6 Å². The number of rotatable bonds is 4. The second-order valence-corrected chi connectivity index (χ2v) is 10.3. The molecule has 0 amide bonds. The summed E-state index contributed by atoms with van der Waals surface area (Å²) < 4.78 is 47.3. The highest BCUT2D eigenvalue weighted by Gasteiger charge is 2.22. The van der Waals surface area contributed by atoms with Gasteiger partial charge in [0.25, 0.3) is 0 Å². The van der Waals surface area contributed by atoms with Crippen LogP contribution in [0.1, 0.15) is 32.6 Å². The number of benzene rings is 1. The van der Waals surface area contributed by atoms with Crippen LogP contribution >= 0.6 is 0 Å². The molecule has 0 aromatic heterocycles. The largest absolute Gasteiger partial charge is 0.381 e. The molecule has 0 saturated heterocycles. The Hall–Kier alpha value is -1.08. The molecule has 1 fully saturated rings. The first kappa shape index (κ1) is 17.3. The normalized spacial score (nSPS) is 23.2. The van der Waals surface area contributed by atoms with Crippen LogP contribution in [-0.2, 0) is 19.7 Å². The Morgan fingerprint density at radius 1 is 1.05 bits per heavy atom. The smallest absolute Gasteiger partial charge is 0.177 e. The third kappa shape index (κ3) is 4.23. The maximum absolute atomic E-state index is 12.0. The minimum Gasteiger partial charge on any atom is -0.381 e. The summed E-state index contributed by atoms with van der Waals surface area (Å²) in [6.07, 6.45) is 6.49. The van der Waals surface area contributed by atoms with Crippen molar-refractivity contribution >= 4 is 25.4 Å². The Bertz CT molecular complexity index is 754. The predicted molar refractivity (Wildman–Crippen MR) is 87.7 cm³/mol. The fourth-order valence-electron chi connectivity index (χ4n) is 2.94. The van der Waals surface area contributed by atoms with Gasteiger partial charge in [0, 0.05) is 18.6 Å². The van der Waals surface area contributed by atoms with Gasteiger partial charge in [-0.3, -0.25) is 0 Å². The first-order chi connectivity index (χ1) is 10.1. The van der Waals surface area contributed by atoms with Crippen molar-refractivity contribution in [2.75, 3.05) is 17.8 Å². The van der Waals surface area contributed by atoms with Gasteiger partial charge in [-0.25, -0.2) is 16.8 Å². The molecule has 7 heteroatoms. The van der Waals surface area contributed by atoms with Crippen LogP contribution < -0.4 is 5.32 Å². The Morgan fingerprint density at radius 2 is 1.73 bits per heavy atom. The highest BCUT2D eigenvalue weighted by molar-refractivity contribution is 7.91. The van der Waals surface area contributed by atoms with Crippen molar-refractivity contribution in [2.24, 2.45) is 5.92 Å². The summed E-state index contributed by atoms with van der Waals surface area (Å²) in [5.74, 6) is 0.614. The van der Waals surface area contributed by atoms with Crippen molar-refractivity contribution in [3.8, 4) is 0 Å². The summed E-state index contributed by atoms with van der Waals surface area (Å²) in [7, 11) is -6.94. The molecule has 124 valence electrons. The lowest BCUT2D eigenvalue weighted by molar-refractivity contribution is 0.358. The van der Waals surface area contributed by atoms with Crippen LogP contribution in [-0.4, -0.2) is 35.4 Å². The Balaban J connectivity index is 2.39. The maximum atomic E-state index is 12.0. The third-order valence-electron chi connectivity index (χ3n) is 4.08. The minimum absolute atomic E-state index is 0.0236. The lowest BCUT2D eigenvalue weighted by Gasteiger charge is -2.29. The van der Waals surface area contributed by atoms with E-state index >= 15 is 0 Å². The Kier molecular flexibility index (Phi) is 4.87. The zero-order valence-corrected chi connectivity index (χ0v) is 14.8. The van der Waals surface area contributed by atoms with Crippen LogP contribution in [0.3, 0.4) is 0 Å². The van der Waals surface area contributed by atoms with Crippen molar-refractivity contribution in [3.63, 3.8) is 0 Å². The van der Waals surface area contributed by atoms with Gasteiger partial charge in [-0.05, 0) is 37.0 Å². The molecule has 1 aromatic rings. The van der Waals surface area contributed by atoms with Gasteiger partial charge in [-0.1, -0.05) is 19.8 Å². The van der Waals surface area contributed by atoms with Crippen LogP contribution in [0.4, 0.5) is 5.69 Å². The molecular formula is C15H23NO4S2. The SMILES string of the molecule is C[C@@H]1CCC[C@H](Nc2ccc(S(C)(=O)=O)cc2S(C)(=O)=O)C1. The van der Waals surface area contributed by atoms with Gasteiger partial charge in [0.15, 0.2) is 19.7 Å². The first-order valence-corrected chi connectivity index (χ1v) is 11.2. The van der Waals surface area contributed by atoms with Gasteiger partial charge in [0.05, 0.1) is 15.5 Å². The lowest BCUT2D eigenvalue weighted by atomic mass is 9.87. The van der Waals surface area contributed by atoms with Crippen molar-refractivity contribution in [3.05, 3.63) is 18.2 Å². The lowest BCUT2D eigenvalue weighted by Crippen LogP contribution is -2.27. The molecule has 1 N–H and O–H groups in total.